The van der Waals surface area contributed by atoms with Gasteiger partial charge in [0, 0.05) is 11.6 Å². The number of rotatable bonds is 6. The van der Waals surface area contributed by atoms with Crippen LogP contribution in [0.4, 0.5) is 5.69 Å². The van der Waals surface area contributed by atoms with E-state index in [4.69, 9.17) is 0 Å². The van der Waals surface area contributed by atoms with Gasteiger partial charge in [-0.3, -0.25) is 4.79 Å². The minimum absolute atomic E-state index is 0.0203. The molecule has 0 saturated heterocycles. The minimum Gasteiger partial charge on any atom is -0.326 e. The van der Waals surface area contributed by atoms with Crippen molar-refractivity contribution in [3.05, 3.63) is 29.8 Å². The quantitative estimate of drug-likeness (QED) is 0.272. The monoisotopic (exact) mass is 723 g/mol. The van der Waals surface area contributed by atoms with Gasteiger partial charge < -0.3 is 5.32 Å². The molecule has 1 N–H and O–H groups in total. The molecule has 1 amide bonds. The first-order chi connectivity index (χ1) is 9.28. The molecule has 0 saturated carbocycles. The summed E-state index contributed by atoms with van der Waals surface area (Å²) in [5.41, 5.74) is 2.12. The lowest BCUT2D eigenvalue weighted by molar-refractivity contribution is -0.119. The highest BCUT2D eigenvalue weighted by Crippen LogP contribution is 2.49. The van der Waals surface area contributed by atoms with Crippen molar-refractivity contribution in [2.45, 2.75) is 30.0 Å². The van der Waals surface area contributed by atoms with Gasteiger partial charge in [0.15, 0.2) is 0 Å². The second-order valence-corrected chi connectivity index (χ2v) is 15.0. The molecule has 0 bridgehead atoms. The third kappa shape index (κ3) is 5.67. The summed E-state index contributed by atoms with van der Waals surface area (Å²) in [4.78, 5) is 12.1. The van der Waals surface area contributed by atoms with Crippen LogP contribution in [-0.2, 0) is 6.22 Å². The lowest BCUT2D eigenvalue weighted by atomic mass is 10.1. The highest BCUT2D eigenvalue weighted by Gasteiger charge is 2.32. The molecule has 20 heavy (non-hydrogen) atoms. The van der Waals surface area contributed by atoms with E-state index in [-0.39, 0.29) is 13.3 Å². The summed E-state index contributed by atoms with van der Waals surface area (Å²) >= 11 is 9.80. The van der Waals surface area contributed by atoms with E-state index in [0.717, 1.165) is 18.5 Å². The largest absolute Gasteiger partial charge is 0.326 e. The zero-order valence-corrected chi connectivity index (χ0v) is 19.9. The molecule has 1 rings (SSSR count). The number of alkyl halides is 4. The first kappa shape index (κ1) is 19.7. The van der Waals surface area contributed by atoms with Crippen LogP contribution in [0.2, 0.25) is 0 Å². The van der Waals surface area contributed by atoms with E-state index in [0.29, 0.717) is 1.93 Å². The fourth-order valence-corrected chi connectivity index (χ4v) is 3.15. The van der Waals surface area contributed by atoms with Crippen molar-refractivity contribution < 1.29 is 4.79 Å². The van der Waals surface area contributed by atoms with Crippen LogP contribution in [0, 0.1) is 5.92 Å². The maximum atomic E-state index is 12.1. The number of benzene rings is 1. The summed E-state index contributed by atoms with van der Waals surface area (Å²) in [6.45, 7) is 4.08. The number of hydrogen-bond donors (Lipinski definition) is 1. The topological polar surface area (TPSA) is 29.1 Å². The van der Waals surface area contributed by atoms with Crippen molar-refractivity contribution in [2.75, 3.05) is 5.32 Å². The van der Waals surface area contributed by atoms with Crippen LogP contribution >= 0.6 is 90.4 Å². The van der Waals surface area contributed by atoms with Crippen LogP contribution in [-0.4, -0.2) is 7.84 Å². The SMILES string of the molecule is CCCC(C)C(=O)Nc1cccc(C(I)(I)C(I)I)c1. The van der Waals surface area contributed by atoms with E-state index in [1.165, 1.54) is 5.56 Å². The molecule has 1 aromatic rings. The van der Waals surface area contributed by atoms with Crippen LogP contribution in [0.3, 0.4) is 0 Å². The average Bonchev–Trinajstić information content (AvgIpc) is 2.39. The third-order valence-corrected chi connectivity index (χ3v) is 12.1. The molecule has 0 aliphatic rings. The van der Waals surface area contributed by atoms with Gasteiger partial charge >= 0.3 is 0 Å². The number of anilines is 1. The molecule has 2 nitrogen and oxygen atoms in total. The van der Waals surface area contributed by atoms with Crippen molar-refractivity contribution in [1.29, 1.82) is 0 Å². The van der Waals surface area contributed by atoms with E-state index >= 15 is 0 Å². The summed E-state index contributed by atoms with van der Waals surface area (Å²) in [5.74, 6) is 0.173. The molecule has 112 valence electrons. The average molecular weight is 723 g/mol. The minimum atomic E-state index is 0.0203. The summed E-state index contributed by atoms with van der Waals surface area (Å²) < 4.78 is 0.482. The number of carbonyl (C=O) groups excluding carboxylic acids is 1. The van der Waals surface area contributed by atoms with Gasteiger partial charge in [-0.2, -0.15) is 0 Å². The number of hydrogen-bond acceptors (Lipinski definition) is 1. The molecule has 6 heteroatoms. The van der Waals surface area contributed by atoms with Gasteiger partial charge in [0.05, 0.1) is 1.93 Å². The fourth-order valence-electron chi connectivity index (χ4n) is 1.76. The number of amides is 1. The second kappa shape index (κ2) is 9.04. The van der Waals surface area contributed by atoms with E-state index in [2.05, 4.69) is 115 Å². The Hall–Kier alpha value is 1.61. The molecule has 1 unspecified atom stereocenters. The maximum Gasteiger partial charge on any atom is 0.227 e. The van der Waals surface area contributed by atoms with Crippen LogP contribution in [0.1, 0.15) is 32.3 Å². The lowest BCUT2D eigenvalue weighted by Gasteiger charge is -2.24. The van der Waals surface area contributed by atoms with Gasteiger partial charge in [-0.1, -0.05) is 123 Å². The summed E-state index contributed by atoms with van der Waals surface area (Å²) in [7, 11) is 0. The van der Waals surface area contributed by atoms with Crippen molar-refractivity contribution in [2.24, 2.45) is 5.92 Å². The highest BCUT2D eigenvalue weighted by molar-refractivity contribution is 14.2. The Bertz CT molecular complexity index is 462. The van der Waals surface area contributed by atoms with Crippen molar-refractivity contribution >= 4 is 102 Å². The number of nitrogens with one attached hydrogen (secondary N) is 1. The Balaban J connectivity index is 2.87. The van der Waals surface area contributed by atoms with Crippen LogP contribution in [0.25, 0.3) is 0 Å². The third-order valence-electron chi connectivity index (χ3n) is 2.96. The van der Waals surface area contributed by atoms with Crippen LogP contribution < -0.4 is 5.32 Å². The maximum absolute atomic E-state index is 12.1. The standard InChI is InChI=1S/C14H17I4NO/c1-3-5-9(2)12(20)19-11-7-4-6-10(8-11)14(17,18)13(15)16/h4,6-9,13H,3,5H2,1-2H3,(H,19,20). The molecule has 0 fully saturated rings. The van der Waals surface area contributed by atoms with Gasteiger partial charge in [-0.15, -0.1) is 0 Å². The summed E-state index contributed by atoms with van der Waals surface area (Å²) in [6.07, 6.45) is 1.96. The molecule has 0 aliphatic heterocycles. The molecule has 0 aliphatic carbocycles. The normalized spacial score (nSPS) is 13.3. The molecule has 0 radical (unpaired) electrons. The Morgan fingerprint density at radius 1 is 1.35 bits per heavy atom. The van der Waals surface area contributed by atoms with Crippen molar-refractivity contribution in [3.8, 4) is 0 Å². The van der Waals surface area contributed by atoms with Gasteiger partial charge in [0.25, 0.3) is 0 Å². The zero-order valence-electron chi connectivity index (χ0n) is 11.3. The number of halogens is 4. The Morgan fingerprint density at radius 2 is 2.00 bits per heavy atom. The molecule has 1 atom stereocenters. The first-order valence-corrected chi connectivity index (χ1v) is 11.0. The predicted molar refractivity (Wildman–Crippen MR) is 121 cm³/mol. The summed E-state index contributed by atoms with van der Waals surface area (Å²) in [5, 5.41) is 3.03. The molecule has 0 aromatic heterocycles. The van der Waals surface area contributed by atoms with E-state index in [9.17, 15) is 4.79 Å². The van der Waals surface area contributed by atoms with Gasteiger partial charge in [0.2, 0.25) is 5.91 Å². The molecule has 1 aromatic carbocycles. The van der Waals surface area contributed by atoms with Gasteiger partial charge in [0.1, 0.15) is 1.43 Å². The van der Waals surface area contributed by atoms with Crippen molar-refractivity contribution in [3.63, 3.8) is 0 Å². The van der Waals surface area contributed by atoms with E-state index in [1.807, 2.05) is 19.1 Å². The molecule has 0 spiro atoms. The smallest absolute Gasteiger partial charge is 0.227 e. The Labute approximate surface area is 175 Å². The highest BCUT2D eigenvalue weighted by atomic mass is 127. The molecular formula is C14H17I4NO. The van der Waals surface area contributed by atoms with Crippen molar-refractivity contribution in [1.82, 2.24) is 0 Å². The summed E-state index contributed by atoms with van der Waals surface area (Å²) in [6, 6.07) is 8.17. The Morgan fingerprint density at radius 3 is 2.55 bits per heavy atom. The first-order valence-electron chi connectivity index (χ1n) is 6.36. The van der Waals surface area contributed by atoms with Gasteiger partial charge in [-0.25, -0.2) is 0 Å². The lowest BCUT2D eigenvalue weighted by Crippen LogP contribution is -2.21. The second-order valence-electron chi connectivity index (χ2n) is 4.68. The van der Waals surface area contributed by atoms with E-state index in [1.54, 1.807) is 0 Å². The predicted octanol–water partition coefficient (Wildman–Crippen LogP) is 6.28. The Kier molecular flexibility index (Phi) is 8.88. The fraction of sp³-hybridized carbons (Fsp3) is 0.500. The molecular weight excluding hydrogens is 706 g/mol. The van der Waals surface area contributed by atoms with Crippen LogP contribution in [0.15, 0.2) is 24.3 Å². The molecule has 0 heterocycles. The zero-order chi connectivity index (χ0) is 15.3. The van der Waals surface area contributed by atoms with Crippen LogP contribution in [0.5, 0.6) is 0 Å². The number of carbonyl (C=O) groups is 1. The van der Waals surface area contributed by atoms with Gasteiger partial charge in [-0.05, 0) is 24.1 Å². The van der Waals surface area contributed by atoms with E-state index < -0.39 is 0 Å².